The molecule has 8 heteroatoms. The lowest BCUT2D eigenvalue weighted by Crippen LogP contribution is -2.19. The Bertz CT molecular complexity index is 537. The van der Waals surface area contributed by atoms with Crippen molar-refractivity contribution in [1.29, 1.82) is 0 Å². The Kier molecular flexibility index (Phi) is 4.76. The summed E-state index contributed by atoms with van der Waals surface area (Å²) >= 11 is 1.49. The van der Waals surface area contributed by atoms with E-state index in [1.807, 2.05) is 0 Å². The number of amidine groups is 1. The highest BCUT2D eigenvalue weighted by Crippen LogP contribution is 2.29. The molecule has 0 aliphatic carbocycles. The Morgan fingerprint density at radius 2 is 2.00 bits per heavy atom. The van der Waals surface area contributed by atoms with Gasteiger partial charge in [-0.05, 0) is 30.7 Å². The fraction of sp³-hybridized carbons (Fsp3) is 0.385. The average Bonchev–Trinajstić information content (AvgIpc) is 2.98. The van der Waals surface area contributed by atoms with E-state index in [2.05, 4.69) is 5.16 Å². The predicted octanol–water partition coefficient (Wildman–Crippen LogP) is 2.76. The van der Waals surface area contributed by atoms with Crippen LogP contribution in [0.5, 0.6) is 0 Å². The summed E-state index contributed by atoms with van der Waals surface area (Å²) < 4.78 is 37.2. The van der Waals surface area contributed by atoms with Gasteiger partial charge in [-0.2, -0.15) is 13.2 Å². The summed E-state index contributed by atoms with van der Waals surface area (Å²) in [6.45, 7) is 0. The van der Waals surface area contributed by atoms with Crippen LogP contribution < -0.4 is 5.73 Å². The van der Waals surface area contributed by atoms with Crippen LogP contribution in [0.1, 0.15) is 24.0 Å². The van der Waals surface area contributed by atoms with E-state index in [4.69, 9.17) is 10.6 Å². The molecule has 1 atom stereocenters. The van der Waals surface area contributed by atoms with Gasteiger partial charge in [0.2, 0.25) is 0 Å². The van der Waals surface area contributed by atoms with Crippen LogP contribution in [0.2, 0.25) is 0 Å². The first-order chi connectivity index (χ1) is 9.88. The van der Waals surface area contributed by atoms with Crippen LogP contribution in [-0.2, 0) is 15.8 Å². The van der Waals surface area contributed by atoms with E-state index in [-0.39, 0.29) is 16.6 Å². The summed E-state index contributed by atoms with van der Waals surface area (Å²) in [5.74, 6) is 0.283. The second-order valence-corrected chi connectivity index (χ2v) is 5.77. The number of benzene rings is 1. The van der Waals surface area contributed by atoms with Gasteiger partial charge >= 0.3 is 12.1 Å². The zero-order valence-electron chi connectivity index (χ0n) is 10.9. The van der Waals surface area contributed by atoms with Crippen molar-refractivity contribution >= 4 is 23.6 Å². The lowest BCUT2D eigenvalue weighted by molar-refractivity contribution is -0.143. The van der Waals surface area contributed by atoms with Gasteiger partial charge in [0.1, 0.15) is 5.25 Å². The normalized spacial score (nSPS) is 19.6. The second kappa shape index (κ2) is 6.38. The number of carbonyl (C=O) groups is 1. The average molecular weight is 318 g/mol. The number of rotatable bonds is 3. The number of nitrogens with zero attached hydrogens (tertiary/aromatic N) is 1. The maximum atomic E-state index is 12.4. The highest BCUT2D eigenvalue weighted by Gasteiger charge is 2.30. The number of nitrogens with two attached hydrogens (primary N) is 1. The molecule has 4 nitrogen and oxygen atoms in total. The van der Waals surface area contributed by atoms with E-state index in [1.165, 1.54) is 23.9 Å². The molecule has 1 aromatic carbocycles. The zero-order valence-corrected chi connectivity index (χ0v) is 11.7. The Morgan fingerprint density at radius 3 is 2.52 bits per heavy atom. The molecule has 114 valence electrons. The first-order valence-corrected chi connectivity index (χ1v) is 7.26. The van der Waals surface area contributed by atoms with Gasteiger partial charge in [-0.15, -0.1) is 11.8 Å². The van der Waals surface area contributed by atoms with Crippen molar-refractivity contribution in [1.82, 2.24) is 0 Å². The van der Waals surface area contributed by atoms with E-state index >= 15 is 0 Å². The van der Waals surface area contributed by atoms with Crippen molar-refractivity contribution in [3.05, 3.63) is 35.4 Å². The van der Waals surface area contributed by atoms with Crippen LogP contribution in [0.4, 0.5) is 13.2 Å². The molecule has 1 aliphatic heterocycles. The number of hydrogen-bond acceptors (Lipinski definition) is 4. The van der Waals surface area contributed by atoms with Crippen molar-refractivity contribution < 1.29 is 22.8 Å². The quantitative estimate of drug-likeness (QED) is 0.403. The Balaban J connectivity index is 2.00. The Hall–Kier alpha value is -1.70. The van der Waals surface area contributed by atoms with Crippen molar-refractivity contribution in [2.45, 2.75) is 24.3 Å². The summed E-state index contributed by atoms with van der Waals surface area (Å²) in [7, 11) is 0. The summed E-state index contributed by atoms with van der Waals surface area (Å²) in [5.41, 5.74) is 5.07. The minimum atomic E-state index is -4.41. The molecule has 0 aromatic heterocycles. The van der Waals surface area contributed by atoms with Gasteiger partial charge < -0.3 is 10.6 Å². The number of alkyl halides is 3. The summed E-state index contributed by atoms with van der Waals surface area (Å²) in [4.78, 5) is 16.3. The molecule has 2 N–H and O–H groups in total. The van der Waals surface area contributed by atoms with Gasteiger partial charge in [0.25, 0.3) is 0 Å². The molecule has 1 aromatic rings. The molecule has 1 aliphatic rings. The van der Waals surface area contributed by atoms with Crippen LogP contribution >= 0.6 is 11.8 Å². The number of oxime groups is 1. The summed E-state index contributed by atoms with van der Waals surface area (Å²) in [6, 6.07) is 4.15. The van der Waals surface area contributed by atoms with Gasteiger partial charge in [-0.1, -0.05) is 17.3 Å². The smallest absolute Gasteiger partial charge is 0.380 e. The van der Waals surface area contributed by atoms with Gasteiger partial charge in [0.15, 0.2) is 5.84 Å². The molecular formula is C13H13F3N2O2S. The molecule has 0 unspecified atom stereocenters. The van der Waals surface area contributed by atoms with Gasteiger partial charge in [-0.3, -0.25) is 0 Å². The third-order valence-corrected chi connectivity index (χ3v) is 4.29. The van der Waals surface area contributed by atoms with Crippen LogP contribution in [0.15, 0.2) is 29.4 Å². The molecule has 0 bridgehead atoms. The fourth-order valence-corrected chi connectivity index (χ4v) is 2.93. The lowest BCUT2D eigenvalue weighted by atomic mass is 10.1. The van der Waals surface area contributed by atoms with E-state index in [0.717, 1.165) is 30.7 Å². The Morgan fingerprint density at radius 1 is 1.33 bits per heavy atom. The maximum absolute atomic E-state index is 12.4. The lowest BCUT2D eigenvalue weighted by Gasteiger charge is -2.07. The molecule has 1 fully saturated rings. The van der Waals surface area contributed by atoms with E-state index in [0.29, 0.717) is 0 Å². The monoisotopic (exact) mass is 318 g/mol. The molecule has 0 saturated carbocycles. The van der Waals surface area contributed by atoms with Gasteiger partial charge in [0.05, 0.1) is 5.56 Å². The van der Waals surface area contributed by atoms with Crippen molar-refractivity contribution in [2.24, 2.45) is 10.9 Å². The Labute approximate surface area is 123 Å². The highest BCUT2D eigenvalue weighted by atomic mass is 32.2. The fourth-order valence-electron chi connectivity index (χ4n) is 1.80. The first kappa shape index (κ1) is 15.7. The minimum absolute atomic E-state index is 0.139. The third-order valence-electron chi connectivity index (χ3n) is 2.93. The van der Waals surface area contributed by atoms with Crippen molar-refractivity contribution in [2.75, 3.05) is 5.75 Å². The molecule has 0 radical (unpaired) electrons. The number of hydrogen-bond donors (Lipinski definition) is 1. The maximum Gasteiger partial charge on any atom is 0.416 e. The number of carbonyl (C=O) groups excluding carboxylic acids is 1. The highest BCUT2D eigenvalue weighted by molar-refractivity contribution is 8.00. The summed E-state index contributed by atoms with van der Waals surface area (Å²) in [5, 5.41) is 3.24. The van der Waals surface area contributed by atoms with Gasteiger partial charge in [-0.25, -0.2) is 4.79 Å². The molecule has 21 heavy (non-hydrogen) atoms. The number of halogens is 3. The molecular weight excluding hydrogens is 305 g/mol. The van der Waals surface area contributed by atoms with Crippen LogP contribution in [-0.4, -0.2) is 22.8 Å². The van der Waals surface area contributed by atoms with Crippen LogP contribution in [0.25, 0.3) is 0 Å². The van der Waals surface area contributed by atoms with Crippen LogP contribution in [0.3, 0.4) is 0 Å². The topological polar surface area (TPSA) is 64.7 Å². The molecule has 0 amide bonds. The van der Waals surface area contributed by atoms with Crippen molar-refractivity contribution in [3.63, 3.8) is 0 Å². The molecule has 1 heterocycles. The minimum Gasteiger partial charge on any atom is -0.380 e. The third kappa shape index (κ3) is 4.13. The van der Waals surface area contributed by atoms with Gasteiger partial charge in [0, 0.05) is 5.56 Å². The van der Waals surface area contributed by atoms with Crippen LogP contribution in [0, 0.1) is 0 Å². The molecule has 0 spiro atoms. The predicted molar refractivity (Wildman–Crippen MR) is 73.7 cm³/mol. The van der Waals surface area contributed by atoms with E-state index in [1.54, 1.807) is 0 Å². The van der Waals surface area contributed by atoms with Crippen molar-refractivity contribution in [3.8, 4) is 0 Å². The standard InChI is InChI=1S/C13H13F3N2O2S/c14-13(15,16)9-5-3-8(4-6-9)11(17)18-20-12(19)10-2-1-7-21-10/h3-6,10H,1-2,7H2,(H2,17,18)/t10-/m1/s1. The second-order valence-electron chi connectivity index (χ2n) is 4.46. The SMILES string of the molecule is N/C(=N/OC(=O)[C@H]1CCCS1)c1ccc(C(F)(F)F)cc1. The summed E-state index contributed by atoms with van der Waals surface area (Å²) in [6.07, 6.45) is -2.72. The zero-order chi connectivity index (χ0) is 15.5. The number of thioether (sulfide) groups is 1. The molecule has 1 saturated heterocycles. The molecule has 2 rings (SSSR count). The van der Waals surface area contributed by atoms with E-state index in [9.17, 15) is 18.0 Å². The van der Waals surface area contributed by atoms with E-state index < -0.39 is 17.7 Å². The largest absolute Gasteiger partial charge is 0.416 e. The first-order valence-electron chi connectivity index (χ1n) is 6.21.